The van der Waals surface area contributed by atoms with Crippen LogP contribution in [-0.2, 0) is 0 Å². The topological polar surface area (TPSA) is 62.2 Å². The molecule has 0 aliphatic rings. The summed E-state index contributed by atoms with van der Waals surface area (Å²) in [5, 5.41) is 12.8. The van der Waals surface area contributed by atoms with E-state index in [1.165, 1.54) is 11.3 Å². The van der Waals surface area contributed by atoms with E-state index in [4.69, 9.17) is 5.11 Å². The molecule has 2 N–H and O–H groups in total. The lowest BCUT2D eigenvalue weighted by Crippen LogP contribution is -2.30. The third-order valence-corrected chi connectivity index (χ3v) is 3.71. The van der Waals surface area contributed by atoms with Gasteiger partial charge in [0, 0.05) is 6.04 Å². The van der Waals surface area contributed by atoms with Crippen LogP contribution in [0.1, 0.15) is 43.1 Å². The Morgan fingerprint density at radius 2 is 2.06 bits per heavy atom. The fourth-order valence-corrected chi connectivity index (χ4v) is 1.95. The van der Waals surface area contributed by atoms with Crippen molar-refractivity contribution in [2.45, 2.75) is 40.7 Å². The van der Waals surface area contributed by atoms with Gasteiger partial charge in [0.2, 0.25) is 0 Å². The molecule has 1 rings (SSSR count). The zero-order valence-corrected chi connectivity index (χ0v) is 11.1. The van der Waals surface area contributed by atoms with Crippen LogP contribution in [-0.4, -0.2) is 22.1 Å². The number of carboxylic acid groups (broad SMARTS) is 1. The predicted octanol–water partition coefficient (Wildman–Crippen LogP) is 3.00. The number of aryl methyl sites for hydroxylation is 1. The van der Waals surface area contributed by atoms with Gasteiger partial charge in [0.15, 0.2) is 5.13 Å². The Kier molecular flexibility index (Phi) is 3.57. The molecule has 1 atom stereocenters. The van der Waals surface area contributed by atoms with E-state index in [1.54, 1.807) is 6.92 Å². The lowest BCUT2D eigenvalue weighted by molar-refractivity contribution is 0.0701. The first-order valence-electron chi connectivity index (χ1n) is 5.19. The molecule has 0 bridgehead atoms. The van der Waals surface area contributed by atoms with E-state index in [0.29, 0.717) is 15.7 Å². The SMILES string of the molecule is Cc1nc(NC(C)C(C)(C)C)sc1C(=O)O. The molecule has 1 aromatic rings. The third kappa shape index (κ3) is 2.95. The van der Waals surface area contributed by atoms with Gasteiger partial charge in [-0.25, -0.2) is 9.78 Å². The van der Waals surface area contributed by atoms with E-state index < -0.39 is 5.97 Å². The van der Waals surface area contributed by atoms with Crippen LogP contribution in [0.3, 0.4) is 0 Å². The van der Waals surface area contributed by atoms with Gasteiger partial charge in [-0.05, 0) is 19.3 Å². The molecule has 16 heavy (non-hydrogen) atoms. The Bertz CT molecular complexity index is 393. The lowest BCUT2D eigenvalue weighted by atomic mass is 9.88. The highest BCUT2D eigenvalue weighted by atomic mass is 32.1. The number of aromatic carboxylic acids is 1. The Hall–Kier alpha value is -1.10. The normalized spacial score (nSPS) is 13.6. The average Bonchev–Trinajstić information content (AvgIpc) is 2.45. The van der Waals surface area contributed by atoms with Crippen LogP contribution in [0.25, 0.3) is 0 Å². The van der Waals surface area contributed by atoms with Crippen molar-refractivity contribution in [3.05, 3.63) is 10.6 Å². The molecule has 0 aliphatic heterocycles. The van der Waals surface area contributed by atoms with Gasteiger partial charge in [0.05, 0.1) is 5.69 Å². The molecule has 5 heteroatoms. The molecule has 0 fully saturated rings. The summed E-state index contributed by atoms with van der Waals surface area (Å²) in [6, 6.07) is 0.236. The van der Waals surface area contributed by atoms with Crippen LogP contribution in [0.4, 0.5) is 5.13 Å². The number of hydrogen-bond acceptors (Lipinski definition) is 4. The summed E-state index contributed by atoms with van der Waals surface area (Å²) in [5.41, 5.74) is 0.685. The number of rotatable bonds is 3. The van der Waals surface area contributed by atoms with E-state index in [9.17, 15) is 4.79 Å². The fraction of sp³-hybridized carbons (Fsp3) is 0.636. The summed E-state index contributed by atoms with van der Waals surface area (Å²) in [4.78, 5) is 15.4. The smallest absolute Gasteiger partial charge is 0.347 e. The molecule has 1 aromatic heterocycles. The second kappa shape index (κ2) is 4.41. The molecule has 0 radical (unpaired) electrons. The van der Waals surface area contributed by atoms with Crippen molar-refractivity contribution in [3.8, 4) is 0 Å². The van der Waals surface area contributed by atoms with Gasteiger partial charge >= 0.3 is 5.97 Å². The highest BCUT2D eigenvalue weighted by molar-refractivity contribution is 7.17. The zero-order valence-electron chi connectivity index (χ0n) is 10.3. The molecule has 1 heterocycles. The largest absolute Gasteiger partial charge is 0.477 e. The van der Waals surface area contributed by atoms with Gasteiger partial charge < -0.3 is 10.4 Å². The fourth-order valence-electron chi connectivity index (χ4n) is 1.06. The Labute approximate surface area is 99.7 Å². The monoisotopic (exact) mass is 242 g/mol. The highest BCUT2D eigenvalue weighted by Gasteiger charge is 2.22. The van der Waals surface area contributed by atoms with Crippen LogP contribution in [0.15, 0.2) is 0 Å². The van der Waals surface area contributed by atoms with Gasteiger partial charge in [-0.15, -0.1) is 0 Å². The predicted molar refractivity (Wildman–Crippen MR) is 66.4 cm³/mol. The Morgan fingerprint density at radius 3 is 2.44 bits per heavy atom. The number of hydrogen-bond donors (Lipinski definition) is 2. The maximum absolute atomic E-state index is 10.9. The van der Waals surface area contributed by atoms with Crippen molar-refractivity contribution in [1.82, 2.24) is 4.98 Å². The molecule has 90 valence electrons. The number of nitrogens with zero attached hydrogens (tertiary/aromatic N) is 1. The lowest BCUT2D eigenvalue weighted by Gasteiger charge is -2.27. The summed E-state index contributed by atoms with van der Waals surface area (Å²) in [7, 11) is 0. The zero-order chi connectivity index (χ0) is 12.5. The second-order valence-electron chi connectivity index (χ2n) is 4.97. The number of aromatic nitrogens is 1. The highest BCUT2D eigenvalue weighted by Crippen LogP contribution is 2.27. The Morgan fingerprint density at radius 1 is 1.50 bits per heavy atom. The summed E-state index contributed by atoms with van der Waals surface area (Å²) in [6.45, 7) is 10.2. The molecular weight excluding hydrogens is 224 g/mol. The van der Waals surface area contributed by atoms with Crippen molar-refractivity contribution >= 4 is 22.4 Å². The Balaban J connectivity index is 2.84. The van der Waals surface area contributed by atoms with Gasteiger partial charge in [0.1, 0.15) is 4.88 Å². The summed E-state index contributed by atoms with van der Waals surface area (Å²) < 4.78 is 0. The standard InChI is InChI=1S/C11H18N2O2S/c1-6-8(9(14)15)16-10(12-6)13-7(2)11(3,4)5/h7H,1-5H3,(H,12,13)(H,14,15). The van der Waals surface area contributed by atoms with Crippen LogP contribution >= 0.6 is 11.3 Å². The van der Waals surface area contributed by atoms with E-state index in [1.807, 2.05) is 0 Å². The van der Waals surface area contributed by atoms with E-state index in [2.05, 4.69) is 38.0 Å². The van der Waals surface area contributed by atoms with Gasteiger partial charge in [0.25, 0.3) is 0 Å². The maximum atomic E-state index is 10.9. The average molecular weight is 242 g/mol. The number of nitrogens with one attached hydrogen (secondary N) is 1. The van der Waals surface area contributed by atoms with Crippen LogP contribution in [0.2, 0.25) is 0 Å². The van der Waals surface area contributed by atoms with E-state index in [-0.39, 0.29) is 11.5 Å². The van der Waals surface area contributed by atoms with Crippen molar-refractivity contribution < 1.29 is 9.90 Å². The second-order valence-corrected chi connectivity index (χ2v) is 5.97. The quantitative estimate of drug-likeness (QED) is 0.855. The number of anilines is 1. The first-order valence-corrected chi connectivity index (χ1v) is 6.00. The third-order valence-electron chi connectivity index (χ3n) is 2.63. The number of carbonyl (C=O) groups is 1. The number of thiazole rings is 1. The molecular formula is C11H18N2O2S. The minimum absolute atomic E-state index is 0.114. The molecule has 0 saturated heterocycles. The van der Waals surface area contributed by atoms with Crippen LogP contribution < -0.4 is 5.32 Å². The summed E-state index contributed by atoms with van der Waals surface area (Å²) >= 11 is 1.19. The molecule has 0 saturated carbocycles. The van der Waals surface area contributed by atoms with Crippen molar-refractivity contribution in [2.75, 3.05) is 5.32 Å². The van der Waals surface area contributed by atoms with Gasteiger partial charge in [-0.2, -0.15) is 0 Å². The summed E-state index contributed by atoms with van der Waals surface area (Å²) in [6.07, 6.45) is 0. The molecule has 0 spiro atoms. The van der Waals surface area contributed by atoms with Gasteiger partial charge in [-0.3, -0.25) is 0 Å². The van der Waals surface area contributed by atoms with Crippen molar-refractivity contribution in [1.29, 1.82) is 0 Å². The summed E-state index contributed by atoms with van der Waals surface area (Å²) in [5.74, 6) is -0.911. The minimum Gasteiger partial charge on any atom is -0.477 e. The van der Waals surface area contributed by atoms with E-state index in [0.717, 1.165) is 0 Å². The van der Waals surface area contributed by atoms with Crippen molar-refractivity contribution in [3.63, 3.8) is 0 Å². The van der Waals surface area contributed by atoms with Crippen molar-refractivity contribution in [2.24, 2.45) is 5.41 Å². The molecule has 4 nitrogen and oxygen atoms in total. The maximum Gasteiger partial charge on any atom is 0.347 e. The first-order chi connectivity index (χ1) is 7.21. The van der Waals surface area contributed by atoms with E-state index >= 15 is 0 Å². The molecule has 0 amide bonds. The molecule has 0 aliphatic carbocycles. The molecule has 1 unspecified atom stereocenters. The first kappa shape index (κ1) is 13.0. The molecule has 0 aromatic carbocycles. The van der Waals surface area contributed by atoms with Crippen LogP contribution in [0.5, 0.6) is 0 Å². The van der Waals surface area contributed by atoms with Gasteiger partial charge in [-0.1, -0.05) is 32.1 Å². The number of carboxylic acids is 1. The minimum atomic E-state index is -0.911. The van der Waals surface area contributed by atoms with Crippen LogP contribution in [0, 0.1) is 12.3 Å².